The highest BCUT2D eigenvalue weighted by Gasteiger charge is 2.52. The van der Waals surface area contributed by atoms with E-state index in [1.54, 1.807) is 13.8 Å². The molecule has 10 nitrogen and oxygen atoms in total. The molecule has 154 valence electrons. The number of ether oxygens (including phenoxy) is 2. The summed E-state index contributed by atoms with van der Waals surface area (Å²) in [4.78, 5) is 28.2. The molecule has 4 N–H and O–H groups in total. The van der Waals surface area contributed by atoms with Gasteiger partial charge in [0.15, 0.2) is 0 Å². The Bertz CT molecular complexity index is 567. The van der Waals surface area contributed by atoms with Gasteiger partial charge in [0.1, 0.15) is 11.9 Å². The highest BCUT2D eigenvalue weighted by molar-refractivity contribution is 6.45. The average molecular weight is 386 g/mol. The van der Waals surface area contributed by atoms with Crippen LogP contribution in [0.4, 0.5) is 4.79 Å². The third kappa shape index (κ3) is 5.81. The molecule has 1 aliphatic rings. The van der Waals surface area contributed by atoms with Crippen LogP contribution in [0.2, 0.25) is 0 Å². The van der Waals surface area contributed by atoms with Gasteiger partial charge in [-0.2, -0.15) is 0 Å². The fourth-order valence-electron chi connectivity index (χ4n) is 2.19. The number of alkyl carbamates (subject to hydrolysis) is 1. The lowest BCUT2D eigenvalue weighted by Gasteiger charge is -2.32. The van der Waals surface area contributed by atoms with E-state index in [-0.39, 0.29) is 5.84 Å². The summed E-state index contributed by atoms with van der Waals surface area (Å²) in [7, 11) is 1.78. The van der Waals surface area contributed by atoms with Crippen LogP contribution in [-0.4, -0.2) is 68.7 Å². The molecular weight excluding hydrogens is 355 g/mol. The Kier molecular flexibility index (Phi) is 7.64. The van der Waals surface area contributed by atoms with Gasteiger partial charge in [0, 0.05) is 7.11 Å². The maximum atomic E-state index is 12.5. The van der Waals surface area contributed by atoms with Crippen molar-refractivity contribution in [1.29, 1.82) is 0 Å². The molecule has 1 rings (SSSR count). The van der Waals surface area contributed by atoms with Crippen LogP contribution in [0.1, 0.15) is 41.5 Å². The van der Waals surface area contributed by atoms with Gasteiger partial charge in [-0.1, -0.05) is 0 Å². The monoisotopic (exact) mass is 386 g/mol. The Balaban J connectivity index is 2.79. The minimum atomic E-state index is -0.963. The van der Waals surface area contributed by atoms with E-state index in [1.165, 1.54) is 14.2 Å². The van der Waals surface area contributed by atoms with Gasteiger partial charge in [-0.3, -0.25) is 9.70 Å². The van der Waals surface area contributed by atoms with Gasteiger partial charge in [-0.05, 0) is 41.5 Å². The van der Waals surface area contributed by atoms with Crippen LogP contribution in [0.3, 0.4) is 0 Å². The highest BCUT2D eigenvalue weighted by Crippen LogP contribution is 2.36. The summed E-state index contributed by atoms with van der Waals surface area (Å²) < 4.78 is 21.2. The fourth-order valence-corrected chi connectivity index (χ4v) is 2.19. The molecule has 0 bridgehead atoms. The Morgan fingerprint density at radius 3 is 2.04 bits per heavy atom. The Hall–Kier alpha value is -1.85. The molecule has 0 aromatic rings. The summed E-state index contributed by atoms with van der Waals surface area (Å²) in [5, 5.41) is 5.11. The van der Waals surface area contributed by atoms with Crippen LogP contribution in [0, 0.1) is 0 Å². The third-order valence-electron chi connectivity index (χ3n) is 4.88. The van der Waals surface area contributed by atoms with Crippen LogP contribution in [-0.2, 0) is 23.6 Å². The zero-order valence-electron chi connectivity index (χ0n) is 17.3. The number of carbonyl (C=O) groups is 2. The summed E-state index contributed by atoms with van der Waals surface area (Å²) in [6.07, 6.45) is -1.33. The first-order valence-corrected chi connectivity index (χ1v) is 8.71. The molecule has 0 radical (unpaired) electrons. The molecular formula is C16H31BN4O6. The number of amidine groups is 1. The van der Waals surface area contributed by atoms with Crippen LogP contribution in [0.5, 0.6) is 0 Å². The van der Waals surface area contributed by atoms with E-state index in [4.69, 9.17) is 19.8 Å². The van der Waals surface area contributed by atoms with Crippen LogP contribution in [0.15, 0.2) is 4.90 Å². The molecule has 1 heterocycles. The zero-order chi connectivity index (χ0) is 21.0. The summed E-state index contributed by atoms with van der Waals surface area (Å²) in [5.41, 5.74) is 4.90. The second-order valence-corrected chi connectivity index (χ2v) is 7.40. The molecule has 0 saturated carbocycles. The van der Waals surface area contributed by atoms with Gasteiger partial charge >= 0.3 is 13.3 Å². The van der Waals surface area contributed by atoms with E-state index in [0.29, 0.717) is 0 Å². The first-order chi connectivity index (χ1) is 12.3. The summed E-state index contributed by atoms with van der Waals surface area (Å²) >= 11 is 0. The summed E-state index contributed by atoms with van der Waals surface area (Å²) in [6.45, 7) is 10.9. The quantitative estimate of drug-likeness (QED) is 0.323. The van der Waals surface area contributed by atoms with Crippen LogP contribution >= 0.6 is 0 Å². The Morgan fingerprint density at radius 2 is 1.59 bits per heavy atom. The van der Waals surface area contributed by atoms with Gasteiger partial charge in [0.25, 0.3) is 0 Å². The number of rotatable bonds is 7. The molecule has 0 aromatic heterocycles. The first-order valence-electron chi connectivity index (χ1n) is 8.71. The topological polar surface area (TPSA) is 134 Å². The molecule has 27 heavy (non-hydrogen) atoms. The predicted molar refractivity (Wildman–Crippen MR) is 101 cm³/mol. The molecule has 2 amide bonds. The third-order valence-corrected chi connectivity index (χ3v) is 4.88. The minimum Gasteiger partial charge on any atom is -0.453 e. The van der Waals surface area contributed by atoms with Crippen molar-refractivity contribution in [2.45, 2.75) is 70.9 Å². The smallest absolute Gasteiger partial charge is 0.453 e. The maximum absolute atomic E-state index is 12.5. The molecule has 0 aromatic carbocycles. The Labute approximate surface area is 160 Å². The van der Waals surface area contributed by atoms with Crippen LogP contribution in [0.25, 0.3) is 0 Å². The maximum Gasteiger partial charge on any atom is 0.614 e. The first kappa shape index (κ1) is 23.2. The SMILES string of the molecule is COC(=O)N[C@H](C(=O)N[C@@H](C)/C(N)=N/B1OC(C)(C)C(C)(C)O1)[C@@H](C)OC. The summed E-state index contributed by atoms with van der Waals surface area (Å²) in [5.74, 6) is -0.363. The van der Waals surface area contributed by atoms with Gasteiger partial charge in [-0.25, -0.2) is 4.79 Å². The van der Waals surface area contributed by atoms with Gasteiger partial charge in [0.05, 0.1) is 30.5 Å². The van der Waals surface area contributed by atoms with Crippen molar-refractivity contribution in [2.24, 2.45) is 10.6 Å². The van der Waals surface area contributed by atoms with Gasteiger partial charge in [0.2, 0.25) is 5.91 Å². The Morgan fingerprint density at radius 1 is 1.07 bits per heavy atom. The minimum absolute atomic E-state index is 0.128. The van der Waals surface area contributed by atoms with E-state index in [9.17, 15) is 9.59 Å². The number of nitrogens with two attached hydrogens (primary N) is 1. The largest absolute Gasteiger partial charge is 0.614 e. The number of carbonyl (C=O) groups excluding carboxylic acids is 2. The molecule has 11 heteroatoms. The molecule has 1 aliphatic heterocycles. The normalized spacial score (nSPS) is 21.9. The van der Waals surface area contributed by atoms with E-state index < -0.39 is 48.6 Å². The molecule has 0 spiro atoms. The standard InChI is InChI=1S/C16H31BN4O6/c1-9(12(18)21-17-26-15(3,4)16(5,6)27-17)19-13(22)11(10(2)24-7)20-14(23)25-8/h9-11H,1-8H3,(H2,18,21)(H,19,22)(H,20,23)/t9-,10+,11-/m0/s1. The molecule has 1 fully saturated rings. The average Bonchev–Trinajstić information content (AvgIpc) is 2.77. The number of amides is 2. The second-order valence-electron chi connectivity index (χ2n) is 7.40. The number of nitrogens with one attached hydrogen (secondary N) is 2. The van der Waals surface area contributed by atoms with Crippen molar-refractivity contribution in [2.75, 3.05) is 14.2 Å². The predicted octanol–water partition coefficient (Wildman–Crippen LogP) is 0.197. The lowest BCUT2D eigenvalue weighted by molar-refractivity contribution is -0.126. The summed E-state index contributed by atoms with van der Waals surface area (Å²) in [6, 6.07) is -1.59. The van der Waals surface area contributed by atoms with Crippen molar-refractivity contribution in [1.82, 2.24) is 10.6 Å². The molecule has 1 saturated heterocycles. The van der Waals surface area contributed by atoms with Gasteiger partial charge in [-0.15, -0.1) is 0 Å². The molecule has 3 atom stereocenters. The lowest BCUT2D eigenvalue weighted by Crippen LogP contribution is -2.56. The molecule has 0 aliphatic carbocycles. The number of methoxy groups -OCH3 is 2. The zero-order valence-corrected chi connectivity index (χ0v) is 17.3. The number of hydrogen-bond acceptors (Lipinski definition) is 7. The molecule has 0 unspecified atom stereocenters. The second kappa shape index (κ2) is 8.90. The van der Waals surface area contributed by atoms with E-state index >= 15 is 0 Å². The van der Waals surface area contributed by atoms with E-state index in [1.807, 2.05) is 27.7 Å². The van der Waals surface area contributed by atoms with Crippen LogP contribution < -0.4 is 16.4 Å². The van der Waals surface area contributed by atoms with E-state index in [2.05, 4.69) is 20.3 Å². The highest BCUT2D eigenvalue weighted by atomic mass is 16.7. The number of nitrogens with zero attached hydrogens (tertiary/aromatic N) is 1. The van der Waals surface area contributed by atoms with Crippen molar-refractivity contribution in [3.05, 3.63) is 0 Å². The van der Waals surface area contributed by atoms with Crippen molar-refractivity contribution < 1.29 is 28.4 Å². The van der Waals surface area contributed by atoms with Crippen molar-refractivity contribution in [3.63, 3.8) is 0 Å². The fraction of sp³-hybridized carbons (Fsp3) is 0.812. The lowest BCUT2D eigenvalue weighted by atomic mass is 9.90. The number of hydrogen-bond donors (Lipinski definition) is 3. The van der Waals surface area contributed by atoms with Gasteiger partial charge < -0.3 is 35.1 Å². The van der Waals surface area contributed by atoms with Crippen molar-refractivity contribution in [3.8, 4) is 0 Å². The van der Waals surface area contributed by atoms with E-state index in [0.717, 1.165) is 0 Å². The van der Waals surface area contributed by atoms with Crippen molar-refractivity contribution >= 4 is 25.1 Å².